The molecule has 0 atom stereocenters. The van der Waals surface area contributed by atoms with Crippen LogP contribution in [0.4, 0.5) is 0 Å². The van der Waals surface area contributed by atoms with Crippen molar-refractivity contribution in [2.75, 3.05) is 0 Å². The zero-order valence-corrected chi connectivity index (χ0v) is 34.7. The number of nitrogens with zero attached hydrogens (tertiary/aromatic N) is 4. The predicted octanol–water partition coefficient (Wildman–Crippen LogP) is 15.0. The van der Waals surface area contributed by atoms with Crippen molar-refractivity contribution in [2.45, 2.75) is 19.3 Å². The van der Waals surface area contributed by atoms with Gasteiger partial charge in [-0.25, -0.2) is 4.98 Å². The van der Waals surface area contributed by atoms with Crippen molar-refractivity contribution in [1.82, 2.24) is 19.5 Å². The van der Waals surface area contributed by atoms with E-state index < -0.39 is 0 Å². The van der Waals surface area contributed by atoms with Crippen LogP contribution in [0.1, 0.15) is 25.0 Å². The Bertz CT molecular complexity index is 3840. The second kappa shape index (κ2) is 13.4. The summed E-state index contributed by atoms with van der Waals surface area (Å²) >= 11 is 0. The Hall–Kier alpha value is -8.15. The third kappa shape index (κ3) is 5.39. The van der Waals surface area contributed by atoms with Crippen LogP contribution in [-0.2, 0) is 5.41 Å². The molecule has 3 heterocycles. The summed E-state index contributed by atoms with van der Waals surface area (Å²) in [5, 5.41) is 6.79. The lowest BCUT2D eigenvalue weighted by molar-refractivity contribution is 0.660. The minimum atomic E-state index is -0.0466. The molecule has 0 radical (unpaired) electrons. The minimum absolute atomic E-state index is 0.0466. The summed E-state index contributed by atoms with van der Waals surface area (Å²) in [6.07, 6.45) is 0. The summed E-state index contributed by atoms with van der Waals surface area (Å²) in [6.45, 7) is 4.66. The average molecular weight is 807 g/mol. The third-order valence-electron chi connectivity index (χ3n) is 13.3. The number of furan rings is 1. The highest BCUT2D eigenvalue weighted by Gasteiger charge is 2.35. The highest BCUT2D eigenvalue weighted by atomic mass is 16.3. The fraction of sp³-hybridized carbons (Fsp3) is 0.0517. The number of aromatic nitrogens is 4. The number of fused-ring (bicyclic) bond motifs is 11. The van der Waals surface area contributed by atoms with Crippen LogP contribution in [0, 0.1) is 0 Å². The Morgan fingerprint density at radius 2 is 1.06 bits per heavy atom. The van der Waals surface area contributed by atoms with Gasteiger partial charge in [0.2, 0.25) is 5.95 Å². The topological polar surface area (TPSA) is 56.7 Å². The molecule has 63 heavy (non-hydrogen) atoms. The normalized spacial score (nSPS) is 13.0. The van der Waals surface area contributed by atoms with Gasteiger partial charge in [0.15, 0.2) is 11.6 Å². The molecule has 0 bridgehead atoms. The van der Waals surface area contributed by atoms with Crippen LogP contribution in [0.15, 0.2) is 199 Å². The molecule has 5 heteroatoms. The molecule has 0 N–H and O–H groups in total. The standard InChI is InChI=1S/C58H38N4O/c1-58(2)48-24-10-8-20-43(48)47-33-38(27-30-49(47)58)37-17-12-18-39(32-37)42-22-13-23-46-53-41-19-7-6-14-35(41)28-31-50(53)62(54(42)46)57-60-55(36-15-4-3-5-16-36)59-56(61-57)40-26-29-45-44-21-9-11-25-51(44)63-52(45)34-40/h3-34H,1-2H3. The quantitative estimate of drug-likeness (QED) is 0.174. The van der Waals surface area contributed by atoms with Crippen LogP contribution in [0.5, 0.6) is 0 Å². The van der Waals surface area contributed by atoms with E-state index in [9.17, 15) is 0 Å². The fourth-order valence-electron chi connectivity index (χ4n) is 10.2. The first-order chi connectivity index (χ1) is 31.0. The van der Waals surface area contributed by atoms with Gasteiger partial charge in [-0.15, -0.1) is 0 Å². The maximum absolute atomic E-state index is 6.36. The summed E-state index contributed by atoms with van der Waals surface area (Å²) in [4.78, 5) is 15.9. The van der Waals surface area contributed by atoms with Crippen LogP contribution in [0.3, 0.4) is 0 Å². The lowest BCUT2D eigenvalue weighted by Crippen LogP contribution is -2.14. The number of hydrogen-bond acceptors (Lipinski definition) is 4. The van der Waals surface area contributed by atoms with Crippen molar-refractivity contribution in [3.05, 3.63) is 205 Å². The lowest BCUT2D eigenvalue weighted by atomic mass is 9.82. The Morgan fingerprint density at radius 1 is 0.413 bits per heavy atom. The number of para-hydroxylation sites is 2. The molecule has 0 saturated carbocycles. The highest BCUT2D eigenvalue weighted by Crippen LogP contribution is 2.50. The van der Waals surface area contributed by atoms with Crippen molar-refractivity contribution in [3.63, 3.8) is 0 Å². The van der Waals surface area contributed by atoms with E-state index in [0.29, 0.717) is 17.6 Å². The van der Waals surface area contributed by atoms with Gasteiger partial charge in [-0.3, -0.25) is 4.57 Å². The molecule has 0 amide bonds. The minimum Gasteiger partial charge on any atom is -0.456 e. The van der Waals surface area contributed by atoms with E-state index in [1.54, 1.807) is 0 Å². The third-order valence-corrected chi connectivity index (χ3v) is 13.3. The van der Waals surface area contributed by atoms with E-state index in [0.717, 1.165) is 71.6 Å². The van der Waals surface area contributed by atoms with Gasteiger partial charge >= 0.3 is 0 Å². The van der Waals surface area contributed by atoms with Gasteiger partial charge in [0.25, 0.3) is 0 Å². The molecule has 12 aromatic rings. The van der Waals surface area contributed by atoms with Gasteiger partial charge in [0.1, 0.15) is 11.2 Å². The molecular weight excluding hydrogens is 769 g/mol. The Morgan fingerprint density at radius 3 is 1.97 bits per heavy atom. The molecule has 0 fully saturated rings. The second-order valence-electron chi connectivity index (χ2n) is 17.2. The molecule has 296 valence electrons. The van der Waals surface area contributed by atoms with Crippen molar-refractivity contribution in [1.29, 1.82) is 0 Å². The van der Waals surface area contributed by atoms with Gasteiger partial charge in [0.05, 0.1) is 11.0 Å². The Labute approximate surface area is 363 Å². The average Bonchev–Trinajstić information content (AvgIpc) is 3.97. The molecule has 3 aromatic heterocycles. The van der Waals surface area contributed by atoms with Crippen LogP contribution in [0.2, 0.25) is 0 Å². The van der Waals surface area contributed by atoms with Crippen molar-refractivity contribution in [2.24, 2.45) is 0 Å². The summed E-state index contributed by atoms with van der Waals surface area (Å²) in [7, 11) is 0. The summed E-state index contributed by atoms with van der Waals surface area (Å²) < 4.78 is 8.62. The van der Waals surface area contributed by atoms with E-state index >= 15 is 0 Å². The van der Waals surface area contributed by atoms with Crippen LogP contribution in [0.25, 0.3) is 117 Å². The summed E-state index contributed by atoms with van der Waals surface area (Å²) in [5.74, 6) is 1.71. The molecule has 0 unspecified atom stereocenters. The molecule has 1 aliphatic rings. The molecule has 0 saturated heterocycles. The van der Waals surface area contributed by atoms with E-state index in [1.807, 2.05) is 36.4 Å². The summed E-state index contributed by atoms with van der Waals surface area (Å²) in [6, 6.07) is 69.1. The Balaban J connectivity index is 1.05. The number of benzene rings is 9. The monoisotopic (exact) mass is 806 g/mol. The molecule has 0 spiro atoms. The molecule has 13 rings (SSSR count). The van der Waals surface area contributed by atoms with Crippen LogP contribution in [-0.4, -0.2) is 19.5 Å². The molecule has 5 nitrogen and oxygen atoms in total. The molecular formula is C58H38N4O. The zero-order valence-electron chi connectivity index (χ0n) is 34.7. The predicted molar refractivity (Wildman–Crippen MR) is 258 cm³/mol. The first-order valence-electron chi connectivity index (χ1n) is 21.5. The molecule has 1 aliphatic carbocycles. The van der Waals surface area contributed by atoms with E-state index in [4.69, 9.17) is 19.4 Å². The SMILES string of the molecule is CC1(C)c2ccccc2-c2cc(-c3cccc(-c4cccc5c6c7ccccc7ccc6n(-c6nc(-c7ccccc7)nc(-c7ccc8c(c7)oc7ccccc78)n6)c45)c3)ccc21. The number of hydrogen-bond donors (Lipinski definition) is 0. The first-order valence-corrected chi connectivity index (χ1v) is 21.5. The van der Waals surface area contributed by atoms with Crippen molar-refractivity contribution >= 4 is 54.5 Å². The van der Waals surface area contributed by atoms with Gasteiger partial charge in [-0.2, -0.15) is 9.97 Å². The van der Waals surface area contributed by atoms with Gasteiger partial charge in [-0.1, -0.05) is 172 Å². The van der Waals surface area contributed by atoms with E-state index in [-0.39, 0.29) is 5.41 Å². The van der Waals surface area contributed by atoms with Gasteiger partial charge < -0.3 is 4.42 Å². The van der Waals surface area contributed by atoms with E-state index in [1.165, 1.54) is 38.6 Å². The van der Waals surface area contributed by atoms with Crippen LogP contribution < -0.4 is 0 Å². The number of rotatable bonds is 5. The van der Waals surface area contributed by atoms with Crippen LogP contribution >= 0.6 is 0 Å². The Kier molecular flexibility index (Phi) is 7.58. The zero-order chi connectivity index (χ0) is 41.8. The van der Waals surface area contributed by atoms with Gasteiger partial charge in [-0.05, 0) is 86.1 Å². The maximum Gasteiger partial charge on any atom is 0.238 e. The summed E-state index contributed by atoms with van der Waals surface area (Å²) in [5.41, 5.74) is 15.4. The van der Waals surface area contributed by atoms with Gasteiger partial charge in [0, 0.05) is 43.7 Å². The van der Waals surface area contributed by atoms with Crippen molar-refractivity contribution in [3.8, 4) is 62.1 Å². The van der Waals surface area contributed by atoms with E-state index in [2.05, 4.69) is 176 Å². The maximum atomic E-state index is 6.36. The second-order valence-corrected chi connectivity index (χ2v) is 17.2. The fourth-order valence-corrected chi connectivity index (χ4v) is 10.2. The molecule has 9 aromatic carbocycles. The van der Waals surface area contributed by atoms with Crippen molar-refractivity contribution < 1.29 is 4.42 Å². The first kappa shape index (κ1) is 35.6. The highest BCUT2D eigenvalue weighted by molar-refractivity contribution is 6.23. The largest absolute Gasteiger partial charge is 0.456 e. The molecule has 0 aliphatic heterocycles. The lowest BCUT2D eigenvalue weighted by Gasteiger charge is -2.21. The smallest absolute Gasteiger partial charge is 0.238 e.